The minimum atomic E-state index is -0.996. The zero-order valence-corrected chi connectivity index (χ0v) is 13.8. The van der Waals surface area contributed by atoms with E-state index in [1.165, 1.54) is 17.2 Å². The number of amides is 1. The van der Waals surface area contributed by atoms with Gasteiger partial charge in [0.1, 0.15) is 5.69 Å². The number of nitrogens with zero attached hydrogens (tertiary/aromatic N) is 3. The molecule has 1 aliphatic heterocycles. The summed E-state index contributed by atoms with van der Waals surface area (Å²) in [6, 6.07) is 3.46. The lowest BCUT2D eigenvalue weighted by atomic mass is 9.90. The van der Waals surface area contributed by atoms with Crippen molar-refractivity contribution in [3.05, 3.63) is 47.3 Å². The van der Waals surface area contributed by atoms with Gasteiger partial charge in [0, 0.05) is 24.8 Å². The van der Waals surface area contributed by atoms with Gasteiger partial charge < -0.3 is 10.0 Å². The fourth-order valence-electron chi connectivity index (χ4n) is 2.95. The van der Waals surface area contributed by atoms with Crippen LogP contribution < -0.4 is 0 Å². The maximum Gasteiger partial charge on any atom is 0.311 e. The molecule has 3 rings (SSSR count). The van der Waals surface area contributed by atoms with Crippen LogP contribution in [-0.2, 0) is 4.79 Å². The Kier molecular flexibility index (Phi) is 4.06. The number of hydrogen-bond acceptors (Lipinski definition) is 3. The zero-order chi connectivity index (χ0) is 18.4. The number of rotatable bonds is 3. The molecule has 0 radical (unpaired) electrons. The SMILES string of the molecule is Cc1cn(-c2c(F)cccc2F)nc1C(=O)N1CCC(C)(C(=O)O)C1. The monoisotopic (exact) mass is 349 g/mol. The number of aliphatic carboxylic acids is 1. The third kappa shape index (κ3) is 2.88. The molecule has 1 N–H and O–H groups in total. The Hall–Kier alpha value is -2.77. The van der Waals surface area contributed by atoms with Crippen molar-refractivity contribution in [1.29, 1.82) is 0 Å². The Morgan fingerprint density at radius 1 is 1.28 bits per heavy atom. The Morgan fingerprint density at radius 2 is 1.92 bits per heavy atom. The minimum Gasteiger partial charge on any atom is -0.481 e. The molecule has 1 atom stereocenters. The summed E-state index contributed by atoms with van der Waals surface area (Å²) in [5.41, 5.74) is -0.848. The zero-order valence-electron chi connectivity index (χ0n) is 13.8. The number of hydrogen-bond donors (Lipinski definition) is 1. The highest BCUT2D eigenvalue weighted by atomic mass is 19.1. The molecule has 1 aromatic heterocycles. The molecular weight excluding hydrogens is 332 g/mol. The van der Waals surface area contributed by atoms with Crippen LogP contribution in [0.25, 0.3) is 5.69 Å². The van der Waals surface area contributed by atoms with Gasteiger partial charge in [0.15, 0.2) is 17.3 Å². The van der Waals surface area contributed by atoms with E-state index in [1.54, 1.807) is 13.8 Å². The molecule has 1 amide bonds. The number of aromatic nitrogens is 2. The van der Waals surface area contributed by atoms with Gasteiger partial charge in [0.05, 0.1) is 5.41 Å². The lowest BCUT2D eigenvalue weighted by molar-refractivity contribution is -0.147. The van der Waals surface area contributed by atoms with Crippen molar-refractivity contribution in [2.75, 3.05) is 13.1 Å². The largest absolute Gasteiger partial charge is 0.481 e. The summed E-state index contributed by atoms with van der Waals surface area (Å²) in [5, 5.41) is 13.3. The normalized spacial score (nSPS) is 20.1. The molecule has 0 bridgehead atoms. The van der Waals surface area contributed by atoms with Crippen LogP contribution in [0, 0.1) is 24.0 Å². The molecule has 1 unspecified atom stereocenters. The van der Waals surface area contributed by atoms with E-state index >= 15 is 0 Å². The molecule has 1 saturated heterocycles. The second kappa shape index (κ2) is 5.94. The first-order chi connectivity index (χ1) is 11.7. The van der Waals surface area contributed by atoms with E-state index in [0.29, 0.717) is 18.5 Å². The number of carbonyl (C=O) groups excluding carboxylic acids is 1. The van der Waals surface area contributed by atoms with E-state index in [-0.39, 0.29) is 17.9 Å². The highest BCUT2D eigenvalue weighted by Crippen LogP contribution is 2.31. The summed E-state index contributed by atoms with van der Waals surface area (Å²) < 4.78 is 28.8. The highest BCUT2D eigenvalue weighted by Gasteiger charge is 2.42. The molecule has 8 heteroatoms. The smallest absolute Gasteiger partial charge is 0.311 e. The van der Waals surface area contributed by atoms with Crippen molar-refractivity contribution in [3.63, 3.8) is 0 Å². The average molecular weight is 349 g/mol. The molecule has 2 aromatic rings. The van der Waals surface area contributed by atoms with Crippen molar-refractivity contribution in [1.82, 2.24) is 14.7 Å². The van der Waals surface area contributed by atoms with Gasteiger partial charge in [0.2, 0.25) is 0 Å². The van der Waals surface area contributed by atoms with Crippen LogP contribution in [0.1, 0.15) is 29.4 Å². The van der Waals surface area contributed by atoms with Gasteiger partial charge in [-0.05, 0) is 32.4 Å². The number of likely N-dealkylation sites (tertiary alicyclic amines) is 1. The summed E-state index contributed by atoms with van der Waals surface area (Å²) in [6.07, 6.45) is 1.72. The maximum absolute atomic E-state index is 13.9. The molecule has 0 spiro atoms. The van der Waals surface area contributed by atoms with Gasteiger partial charge in [0.25, 0.3) is 5.91 Å². The first-order valence-corrected chi connectivity index (χ1v) is 7.76. The van der Waals surface area contributed by atoms with E-state index < -0.39 is 28.9 Å². The topological polar surface area (TPSA) is 75.4 Å². The molecule has 0 saturated carbocycles. The molecule has 2 heterocycles. The lowest BCUT2D eigenvalue weighted by Gasteiger charge is -2.19. The standard InChI is InChI=1S/C17H17F2N3O3/c1-10-8-22(14-11(18)4-3-5-12(14)19)20-13(10)15(23)21-7-6-17(2,9-21)16(24)25/h3-5,8H,6-7,9H2,1-2H3,(H,24,25). The predicted octanol–water partition coefficient (Wildman–Crippen LogP) is 2.40. The Bertz CT molecular complexity index is 845. The van der Waals surface area contributed by atoms with E-state index in [2.05, 4.69) is 5.10 Å². The summed E-state index contributed by atoms with van der Waals surface area (Å²) in [7, 11) is 0. The molecule has 132 valence electrons. The van der Waals surface area contributed by atoms with Gasteiger partial charge in [-0.1, -0.05) is 6.07 Å². The Balaban J connectivity index is 1.91. The number of carboxylic acids is 1. The highest BCUT2D eigenvalue weighted by molar-refractivity contribution is 5.94. The van der Waals surface area contributed by atoms with Crippen molar-refractivity contribution in [2.45, 2.75) is 20.3 Å². The fraction of sp³-hybridized carbons (Fsp3) is 0.353. The van der Waals surface area contributed by atoms with E-state index in [0.717, 1.165) is 16.8 Å². The quantitative estimate of drug-likeness (QED) is 0.923. The van der Waals surface area contributed by atoms with Gasteiger partial charge in [-0.15, -0.1) is 0 Å². The van der Waals surface area contributed by atoms with Gasteiger partial charge in [-0.2, -0.15) is 5.10 Å². The van der Waals surface area contributed by atoms with E-state index in [1.807, 2.05) is 0 Å². The number of carboxylic acid groups (broad SMARTS) is 1. The van der Waals surface area contributed by atoms with Crippen LogP contribution in [-0.4, -0.2) is 44.8 Å². The Morgan fingerprint density at radius 3 is 2.48 bits per heavy atom. The summed E-state index contributed by atoms with van der Waals surface area (Å²) in [4.78, 5) is 25.4. The van der Waals surface area contributed by atoms with Crippen molar-refractivity contribution in [3.8, 4) is 5.69 Å². The number of aryl methyl sites for hydroxylation is 1. The van der Waals surface area contributed by atoms with Gasteiger partial charge in [-0.3, -0.25) is 9.59 Å². The van der Waals surface area contributed by atoms with Crippen LogP contribution in [0.4, 0.5) is 8.78 Å². The molecule has 1 aromatic carbocycles. The first-order valence-electron chi connectivity index (χ1n) is 7.76. The summed E-state index contributed by atoms with van der Waals surface area (Å²) in [5.74, 6) is -2.99. The van der Waals surface area contributed by atoms with Gasteiger partial charge in [-0.25, -0.2) is 13.5 Å². The fourth-order valence-corrected chi connectivity index (χ4v) is 2.95. The number of carbonyl (C=O) groups is 2. The number of benzene rings is 1. The Labute approximate surface area is 142 Å². The van der Waals surface area contributed by atoms with Crippen LogP contribution in [0.5, 0.6) is 0 Å². The second-order valence-corrected chi connectivity index (χ2v) is 6.52. The molecular formula is C17H17F2N3O3. The second-order valence-electron chi connectivity index (χ2n) is 6.52. The average Bonchev–Trinajstić information content (AvgIpc) is 3.11. The van der Waals surface area contributed by atoms with Crippen LogP contribution in [0.2, 0.25) is 0 Å². The van der Waals surface area contributed by atoms with E-state index in [9.17, 15) is 23.5 Å². The number of halogens is 2. The first kappa shape index (κ1) is 17.1. The van der Waals surface area contributed by atoms with Crippen molar-refractivity contribution in [2.24, 2.45) is 5.41 Å². The van der Waals surface area contributed by atoms with Crippen LogP contribution >= 0.6 is 0 Å². The van der Waals surface area contributed by atoms with Gasteiger partial charge >= 0.3 is 5.97 Å². The number of para-hydroxylation sites is 1. The third-order valence-corrected chi connectivity index (χ3v) is 4.54. The molecule has 25 heavy (non-hydrogen) atoms. The third-order valence-electron chi connectivity index (χ3n) is 4.54. The summed E-state index contributed by atoms with van der Waals surface area (Å²) >= 11 is 0. The minimum absolute atomic E-state index is 0.0530. The van der Waals surface area contributed by atoms with Crippen LogP contribution in [0.3, 0.4) is 0 Å². The summed E-state index contributed by atoms with van der Waals surface area (Å²) in [6.45, 7) is 3.56. The molecule has 1 fully saturated rings. The van der Waals surface area contributed by atoms with Crippen molar-refractivity contribution < 1.29 is 23.5 Å². The molecule has 1 aliphatic rings. The molecule has 6 nitrogen and oxygen atoms in total. The van der Waals surface area contributed by atoms with Crippen LogP contribution in [0.15, 0.2) is 24.4 Å². The predicted molar refractivity (Wildman–Crippen MR) is 84.5 cm³/mol. The van der Waals surface area contributed by atoms with E-state index in [4.69, 9.17) is 0 Å². The maximum atomic E-state index is 13.9. The molecule has 0 aliphatic carbocycles. The lowest BCUT2D eigenvalue weighted by Crippen LogP contribution is -2.35. The van der Waals surface area contributed by atoms with Crippen molar-refractivity contribution >= 4 is 11.9 Å².